The number of rotatable bonds is 9. The monoisotopic (exact) mass is 459 g/mol. The Morgan fingerprint density at radius 1 is 1.17 bits per heavy atom. The first-order chi connectivity index (χ1) is 14.3. The number of benzene rings is 1. The van der Waals surface area contributed by atoms with Gasteiger partial charge in [-0.05, 0) is 30.7 Å². The van der Waals surface area contributed by atoms with Crippen LogP contribution in [0.5, 0.6) is 11.5 Å². The van der Waals surface area contributed by atoms with Crippen molar-refractivity contribution in [2.24, 2.45) is 0 Å². The molecular formula is C20H30ClN3O5S. The van der Waals surface area contributed by atoms with Crippen molar-refractivity contribution in [2.45, 2.75) is 20.8 Å². The molecule has 1 heterocycles. The lowest BCUT2D eigenvalue weighted by Gasteiger charge is -2.35. The molecule has 0 saturated carbocycles. The molecule has 1 aromatic rings. The highest BCUT2D eigenvalue weighted by molar-refractivity contribution is 7.86. The zero-order valence-electron chi connectivity index (χ0n) is 17.9. The van der Waals surface area contributed by atoms with Crippen LogP contribution in [0.3, 0.4) is 0 Å². The van der Waals surface area contributed by atoms with Gasteiger partial charge in [-0.15, -0.1) is 0 Å². The summed E-state index contributed by atoms with van der Waals surface area (Å²) < 4.78 is 38.9. The number of hydrogen-bond donors (Lipinski definition) is 0. The van der Waals surface area contributed by atoms with Crippen LogP contribution in [0.4, 0.5) is 0 Å². The Kier molecular flexibility index (Phi) is 8.96. The van der Waals surface area contributed by atoms with Crippen molar-refractivity contribution in [3.63, 3.8) is 0 Å². The van der Waals surface area contributed by atoms with Crippen LogP contribution in [-0.4, -0.2) is 80.8 Å². The van der Waals surface area contributed by atoms with E-state index in [0.717, 1.165) is 0 Å². The number of halogens is 1. The van der Waals surface area contributed by atoms with E-state index < -0.39 is 10.2 Å². The molecule has 1 fully saturated rings. The quantitative estimate of drug-likeness (QED) is 0.530. The normalized spacial score (nSPS) is 15.7. The predicted octanol–water partition coefficient (Wildman–Crippen LogP) is 2.49. The number of methoxy groups -OCH3 is 1. The fourth-order valence-corrected chi connectivity index (χ4v) is 5.12. The van der Waals surface area contributed by atoms with Crippen molar-refractivity contribution in [1.29, 1.82) is 0 Å². The molecule has 10 heteroatoms. The molecule has 1 amide bonds. The van der Waals surface area contributed by atoms with Crippen LogP contribution >= 0.6 is 11.6 Å². The molecule has 0 aromatic heterocycles. The van der Waals surface area contributed by atoms with E-state index in [0.29, 0.717) is 54.9 Å². The van der Waals surface area contributed by atoms with E-state index in [4.69, 9.17) is 21.1 Å². The van der Waals surface area contributed by atoms with Gasteiger partial charge in [0.2, 0.25) is 5.91 Å². The van der Waals surface area contributed by atoms with Crippen molar-refractivity contribution in [3.8, 4) is 11.5 Å². The van der Waals surface area contributed by atoms with Crippen molar-refractivity contribution in [2.75, 3.05) is 53.0 Å². The topological polar surface area (TPSA) is 79.4 Å². The van der Waals surface area contributed by atoms with Crippen LogP contribution in [0, 0.1) is 0 Å². The summed E-state index contributed by atoms with van der Waals surface area (Å²) in [5.41, 5.74) is 0.705. The van der Waals surface area contributed by atoms with E-state index in [2.05, 4.69) is 0 Å². The first-order valence-corrected chi connectivity index (χ1v) is 11.8. The molecule has 0 aliphatic carbocycles. The average Bonchev–Trinajstić information content (AvgIpc) is 2.74. The highest BCUT2D eigenvalue weighted by Crippen LogP contribution is 2.36. The molecule has 0 N–H and O–H groups in total. The Morgan fingerprint density at radius 3 is 2.33 bits per heavy atom. The largest absolute Gasteiger partial charge is 0.493 e. The van der Waals surface area contributed by atoms with Gasteiger partial charge in [0.15, 0.2) is 11.5 Å². The Bertz CT molecular complexity index is 863. The summed E-state index contributed by atoms with van der Waals surface area (Å²) in [6, 6.07) is 3.45. The first-order valence-electron chi connectivity index (χ1n) is 10.0. The van der Waals surface area contributed by atoms with Crippen LogP contribution < -0.4 is 9.47 Å². The lowest BCUT2D eigenvalue weighted by atomic mass is 10.1. The van der Waals surface area contributed by atoms with Gasteiger partial charge in [0.25, 0.3) is 10.2 Å². The number of hydrogen-bond acceptors (Lipinski definition) is 5. The van der Waals surface area contributed by atoms with Gasteiger partial charge in [-0.1, -0.05) is 25.4 Å². The lowest BCUT2D eigenvalue weighted by Crippen LogP contribution is -2.53. The minimum atomic E-state index is -3.48. The van der Waals surface area contributed by atoms with Gasteiger partial charge >= 0.3 is 0 Å². The zero-order valence-corrected chi connectivity index (χ0v) is 19.5. The summed E-state index contributed by atoms with van der Waals surface area (Å²) in [6.07, 6.45) is 3.12. The predicted molar refractivity (Wildman–Crippen MR) is 118 cm³/mol. The third kappa shape index (κ3) is 5.66. The van der Waals surface area contributed by atoms with Crippen molar-refractivity contribution in [1.82, 2.24) is 13.5 Å². The van der Waals surface area contributed by atoms with Crippen molar-refractivity contribution < 1.29 is 22.7 Å². The summed E-state index contributed by atoms with van der Waals surface area (Å²) in [5.74, 6) is 0.779. The summed E-state index contributed by atoms with van der Waals surface area (Å²) in [7, 11) is -1.95. The molecule has 1 aliphatic rings. The molecule has 1 aliphatic heterocycles. The molecule has 0 bridgehead atoms. The Balaban J connectivity index is 2.03. The van der Waals surface area contributed by atoms with E-state index in [1.807, 2.05) is 20.8 Å². The van der Waals surface area contributed by atoms with E-state index >= 15 is 0 Å². The average molecular weight is 460 g/mol. The smallest absolute Gasteiger partial charge is 0.282 e. The number of amides is 1. The molecule has 1 saturated heterocycles. The second-order valence-corrected chi connectivity index (χ2v) is 8.95. The second kappa shape index (κ2) is 11.0. The highest BCUT2D eigenvalue weighted by Gasteiger charge is 2.31. The molecule has 168 valence electrons. The fourth-order valence-electron chi connectivity index (χ4n) is 3.25. The third-order valence-corrected chi connectivity index (χ3v) is 7.33. The lowest BCUT2D eigenvalue weighted by molar-refractivity contribution is -0.127. The standard InChI is InChI=1S/C20H30ClN3O5S/c1-5-23(6-2)30(26,27)24-12-10-22(11-13-24)19(25)9-8-16-14-17(21)20(29-7-3)18(15-16)28-4/h8-9,14-15H,5-7,10-13H2,1-4H3/b9-8+. The summed E-state index contributed by atoms with van der Waals surface area (Å²) >= 11 is 6.26. The van der Waals surface area contributed by atoms with Crippen LogP contribution in [0.25, 0.3) is 6.08 Å². The molecule has 1 aromatic carbocycles. The number of piperazine rings is 1. The van der Waals surface area contributed by atoms with Crippen LogP contribution in [0.2, 0.25) is 5.02 Å². The molecule has 0 spiro atoms. The number of carbonyl (C=O) groups excluding carboxylic acids is 1. The van der Waals surface area contributed by atoms with Crippen molar-refractivity contribution in [3.05, 3.63) is 28.8 Å². The minimum Gasteiger partial charge on any atom is -0.493 e. The molecule has 30 heavy (non-hydrogen) atoms. The van der Waals surface area contributed by atoms with Gasteiger partial charge in [-0.2, -0.15) is 17.0 Å². The molecule has 0 atom stereocenters. The van der Waals surface area contributed by atoms with Gasteiger partial charge < -0.3 is 14.4 Å². The van der Waals surface area contributed by atoms with Gasteiger partial charge in [-0.3, -0.25) is 4.79 Å². The summed E-state index contributed by atoms with van der Waals surface area (Å²) in [6.45, 7) is 8.04. The van der Waals surface area contributed by atoms with E-state index in [-0.39, 0.29) is 19.0 Å². The minimum absolute atomic E-state index is 0.182. The number of carbonyl (C=O) groups is 1. The van der Waals surface area contributed by atoms with Gasteiger partial charge in [0, 0.05) is 45.3 Å². The summed E-state index contributed by atoms with van der Waals surface area (Å²) in [5, 5.41) is 0.401. The van der Waals surface area contributed by atoms with Gasteiger partial charge in [-0.25, -0.2) is 0 Å². The van der Waals surface area contributed by atoms with E-state index in [1.54, 1.807) is 23.1 Å². The highest BCUT2D eigenvalue weighted by atomic mass is 35.5. The molecule has 0 radical (unpaired) electrons. The van der Waals surface area contributed by atoms with Crippen LogP contribution in [0.15, 0.2) is 18.2 Å². The SMILES string of the molecule is CCOc1c(Cl)cc(/C=C/C(=O)N2CCN(S(=O)(=O)N(CC)CC)CC2)cc1OC. The number of nitrogens with zero attached hydrogens (tertiary/aromatic N) is 3. The van der Waals surface area contributed by atoms with Gasteiger partial charge in [0.05, 0.1) is 18.7 Å². The Morgan fingerprint density at radius 2 is 1.80 bits per heavy atom. The van der Waals surface area contributed by atoms with Crippen LogP contribution in [-0.2, 0) is 15.0 Å². The Labute approximate surface area is 184 Å². The Hall–Kier alpha value is -1.81. The number of ether oxygens (including phenoxy) is 2. The van der Waals surface area contributed by atoms with Gasteiger partial charge in [0.1, 0.15) is 0 Å². The summed E-state index contributed by atoms with van der Waals surface area (Å²) in [4.78, 5) is 14.2. The van der Waals surface area contributed by atoms with Crippen LogP contribution in [0.1, 0.15) is 26.3 Å². The molecular weight excluding hydrogens is 430 g/mol. The first kappa shape index (κ1) is 24.5. The van der Waals surface area contributed by atoms with E-state index in [1.165, 1.54) is 21.8 Å². The second-order valence-electron chi connectivity index (χ2n) is 6.62. The molecule has 2 rings (SSSR count). The molecule has 8 nitrogen and oxygen atoms in total. The maximum absolute atomic E-state index is 12.6. The maximum atomic E-state index is 12.6. The third-order valence-electron chi connectivity index (χ3n) is 4.87. The molecule has 0 unspecified atom stereocenters. The maximum Gasteiger partial charge on any atom is 0.282 e. The zero-order chi connectivity index (χ0) is 22.3. The van der Waals surface area contributed by atoms with E-state index in [9.17, 15) is 13.2 Å². The van der Waals surface area contributed by atoms with Crippen molar-refractivity contribution >= 4 is 33.8 Å². The fraction of sp³-hybridized carbons (Fsp3) is 0.550.